The van der Waals surface area contributed by atoms with Crippen LogP contribution < -0.4 is 20.3 Å². The Morgan fingerprint density at radius 1 is 1.02 bits per heavy atom. The van der Waals surface area contributed by atoms with E-state index < -0.39 is 5.41 Å². The Morgan fingerprint density at radius 2 is 1.80 bits per heavy atom. The molecule has 0 unspecified atom stereocenters. The van der Waals surface area contributed by atoms with Crippen molar-refractivity contribution in [3.05, 3.63) is 60.5 Å². The summed E-state index contributed by atoms with van der Waals surface area (Å²) in [7, 11) is 3.90. The zero-order chi connectivity index (χ0) is 29.1. The second kappa shape index (κ2) is 11.6. The lowest BCUT2D eigenvalue weighted by atomic mass is 9.98. The molecule has 2 aromatic heterocycles. The molecule has 1 aliphatic rings. The number of esters is 1. The van der Waals surface area contributed by atoms with E-state index >= 15 is 4.39 Å². The van der Waals surface area contributed by atoms with E-state index in [2.05, 4.69) is 37.4 Å². The molecule has 0 atom stereocenters. The Morgan fingerprint density at radius 3 is 2.51 bits per heavy atom. The maximum Gasteiger partial charge on any atom is 0.312 e. The topological polar surface area (TPSA) is 96.8 Å². The van der Waals surface area contributed by atoms with Gasteiger partial charge in [-0.25, -0.2) is 4.39 Å². The number of nitrogens with one attached hydrogen (secondary N) is 2. The standard InChI is InChI=1S/C30H36FN7O3/c1-30(2,3)28(39)40-19-38-12-11-23-26(38)34-29(35-27(23)41-22-8-6-7-20(17-22)32-4)33-21-9-10-25(24(31)18-21)37-15-13-36(5)14-16-37/h6-12,17-18,32H,13-16,19H2,1-5H3,(H,33,34,35). The van der Waals surface area contributed by atoms with Gasteiger partial charge in [-0.2, -0.15) is 9.97 Å². The van der Waals surface area contributed by atoms with Gasteiger partial charge in [0.1, 0.15) is 11.6 Å². The lowest BCUT2D eigenvalue weighted by Crippen LogP contribution is -2.44. The van der Waals surface area contributed by atoms with Gasteiger partial charge in [0, 0.05) is 56.9 Å². The Bertz CT molecular complexity index is 1540. The number of piperazine rings is 1. The van der Waals surface area contributed by atoms with Crippen molar-refractivity contribution in [1.82, 2.24) is 19.4 Å². The molecular formula is C30H36FN7O3. The van der Waals surface area contributed by atoms with Gasteiger partial charge in [0.05, 0.1) is 16.5 Å². The molecule has 2 N–H and O–H groups in total. The number of likely N-dealkylation sites (N-methyl/N-ethyl adjacent to an activating group) is 1. The van der Waals surface area contributed by atoms with E-state index in [9.17, 15) is 4.79 Å². The Kier molecular flexibility index (Phi) is 7.98. The average Bonchev–Trinajstić information content (AvgIpc) is 3.35. The monoisotopic (exact) mass is 561 g/mol. The van der Waals surface area contributed by atoms with Crippen LogP contribution in [0.5, 0.6) is 11.6 Å². The number of benzene rings is 2. The molecule has 10 nitrogen and oxygen atoms in total. The number of aromatic nitrogens is 3. The fourth-order valence-electron chi connectivity index (χ4n) is 4.46. The Labute approximate surface area is 239 Å². The minimum Gasteiger partial charge on any atom is -0.443 e. The third kappa shape index (κ3) is 6.51. The first-order valence-electron chi connectivity index (χ1n) is 13.6. The van der Waals surface area contributed by atoms with Crippen LogP contribution in [0, 0.1) is 11.2 Å². The van der Waals surface area contributed by atoms with Gasteiger partial charge >= 0.3 is 5.97 Å². The summed E-state index contributed by atoms with van der Waals surface area (Å²) in [6.45, 7) is 8.68. The summed E-state index contributed by atoms with van der Waals surface area (Å²) < 4.78 is 28.6. The van der Waals surface area contributed by atoms with Crippen molar-refractivity contribution in [2.75, 3.05) is 55.8 Å². The summed E-state index contributed by atoms with van der Waals surface area (Å²) in [5.74, 6) is 0.450. The lowest BCUT2D eigenvalue weighted by molar-refractivity contribution is -0.156. The van der Waals surface area contributed by atoms with Crippen LogP contribution in [0.1, 0.15) is 20.8 Å². The van der Waals surface area contributed by atoms with Crippen LogP contribution in [0.25, 0.3) is 11.0 Å². The lowest BCUT2D eigenvalue weighted by Gasteiger charge is -2.34. The second-order valence-electron chi connectivity index (χ2n) is 11.1. The summed E-state index contributed by atoms with van der Waals surface area (Å²) in [5.41, 5.74) is 1.81. The van der Waals surface area contributed by atoms with Crippen molar-refractivity contribution in [3.63, 3.8) is 0 Å². The largest absolute Gasteiger partial charge is 0.443 e. The molecule has 5 rings (SSSR count). The van der Waals surface area contributed by atoms with Gasteiger partial charge < -0.3 is 29.9 Å². The van der Waals surface area contributed by atoms with Crippen molar-refractivity contribution in [3.8, 4) is 11.6 Å². The summed E-state index contributed by atoms with van der Waals surface area (Å²) in [6.07, 6.45) is 1.76. The van der Waals surface area contributed by atoms with Crippen LogP contribution in [-0.4, -0.2) is 65.7 Å². The molecule has 1 saturated heterocycles. The van der Waals surface area contributed by atoms with Gasteiger partial charge in [-0.3, -0.25) is 9.36 Å². The summed E-state index contributed by atoms with van der Waals surface area (Å²) >= 11 is 0. The highest BCUT2D eigenvalue weighted by Gasteiger charge is 2.24. The van der Waals surface area contributed by atoms with Crippen LogP contribution in [-0.2, 0) is 16.3 Å². The number of hydrogen-bond donors (Lipinski definition) is 2. The van der Waals surface area contributed by atoms with E-state index in [1.807, 2.05) is 43.4 Å². The van der Waals surface area contributed by atoms with Crippen LogP contribution in [0.15, 0.2) is 54.7 Å². The highest BCUT2D eigenvalue weighted by Crippen LogP contribution is 2.32. The smallest absolute Gasteiger partial charge is 0.312 e. The summed E-state index contributed by atoms with van der Waals surface area (Å²) in [4.78, 5) is 26.0. The molecule has 11 heteroatoms. The number of rotatable bonds is 8. The predicted octanol–water partition coefficient (Wildman–Crippen LogP) is 5.45. The molecule has 4 aromatic rings. The molecule has 0 spiro atoms. The first kappa shape index (κ1) is 28.2. The number of ether oxygens (including phenoxy) is 2. The SMILES string of the molecule is CNc1cccc(Oc2nc(Nc3ccc(N4CCN(C)CC4)c(F)c3)nc3c2ccn3COC(=O)C(C)(C)C)c1. The zero-order valence-corrected chi connectivity index (χ0v) is 24.1. The number of carbonyl (C=O) groups excluding carboxylic acids is 1. The van der Waals surface area contributed by atoms with Crippen molar-refractivity contribution in [2.24, 2.45) is 5.41 Å². The average molecular weight is 562 g/mol. The normalized spacial score (nSPS) is 14.2. The minimum atomic E-state index is -0.641. The van der Waals surface area contributed by atoms with Crippen molar-refractivity contribution in [1.29, 1.82) is 0 Å². The number of nitrogens with zero attached hydrogens (tertiary/aromatic N) is 5. The van der Waals surface area contributed by atoms with Crippen LogP contribution >= 0.6 is 0 Å². The van der Waals surface area contributed by atoms with Gasteiger partial charge in [-0.05, 0) is 64.2 Å². The molecule has 0 saturated carbocycles. The quantitative estimate of drug-likeness (QED) is 0.272. The van der Waals surface area contributed by atoms with Gasteiger partial charge in [-0.15, -0.1) is 0 Å². The fraction of sp³-hybridized carbons (Fsp3) is 0.367. The first-order valence-corrected chi connectivity index (χ1v) is 13.6. The molecule has 216 valence electrons. The van der Waals surface area contributed by atoms with Crippen molar-refractivity contribution >= 4 is 40.0 Å². The van der Waals surface area contributed by atoms with Crippen molar-refractivity contribution in [2.45, 2.75) is 27.5 Å². The summed E-state index contributed by atoms with van der Waals surface area (Å²) in [6, 6.07) is 14.3. The minimum absolute atomic E-state index is 0.0287. The third-order valence-electron chi connectivity index (χ3n) is 6.92. The maximum absolute atomic E-state index is 15.2. The van der Waals surface area contributed by atoms with E-state index in [4.69, 9.17) is 9.47 Å². The van der Waals surface area contributed by atoms with E-state index in [1.165, 1.54) is 6.07 Å². The second-order valence-corrected chi connectivity index (χ2v) is 11.1. The molecule has 1 fully saturated rings. The Balaban J connectivity index is 1.46. The first-order chi connectivity index (χ1) is 19.6. The van der Waals surface area contributed by atoms with Crippen molar-refractivity contribution < 1.29 is 18.7 Å². The fourth-order valence-corrected chi connectivity index (χ4v) is 4.46. The molecule has 41 heavy (non-hydrogen) atoms. The van der Waals surface area contributed by atoms with Gasteiger partial charge in [0.15, 0.2) is 12.4 Å². The number of halogens is 1. The number of hydrogen-bond acceptors (Lipinski definition) is 9. The van der Waals surface area contributed by atoms with Crippen LogP contribution in [0.3, 0.4) is 0 Å². The maximum atomic E-state index is 15.2. The van der Waals surface area contributed by atoms with E-state index in [0.29, 0.717) is 34.0 Å². The zero-order valence-electron chi connectivity index (χ0n) is 24.1. The van der Waals surface area contributed by atoms with Gasteiger partial charge in [0.2, 0.25) is 11.8 Å². The predicted molar refractivity (Wildman–Crippen MR) is 159 cm³/mol. The number of fused-ring (bicyclic) bond motifs is 1. The van der Waals surface area contributed by atoms with E-state index in [1.54, 1.807) is 37.6 Å². The Hall–Kier alpha value is -4.38. The molecule has 1 aliphatic heterocycles. The number of anilines is 4. The van der Waals surface area contributed by atoms with E-state index in [0.717, 1.165) is 31.9 Å². The molecule has 2 aromatic carbocycles. The highest BCUT2D eigenvalue weighted by atomic mass is 19.1. The molecule has 0 bridgehead atoms. The molecular weight excluding hydrogens is 525 g/mol. The molecule has 0 radical (unpaired) electrons. The van der Waals surface area contributed by atoms with Gasteiger partial charge in [-0.1, -0.05) is 6.07 Å². The van der Waals surface area contributed by atoms with Crippen LogP contribution in [0.4, 0.5) is 27.4 Å². The highest BCUT2D eigenvalue weighted by molar-refractivity contribution is 5.84. The molecule has 0 amide bonds. The van der Waals surface area contributed by atoms with Crippen LogP contribution in [0.2, 0.25) is 0 Å². The molecule has 0 aliphatic carbocycles. The third-order valence-corrected chi connectivity index (χ3v) is 6.92. The van der Waals surface area contributed by atoms with E-state index in [-0.39, 0.29) is 24.5 Å². The summed E-state index contributed by atoms with van der Waals surface area (Å²) in [5, 5.41) is 6.85. The molecule has 3 heterocycles. The van der Waals surface area contributed by atoms with Gasteiger partial charge in [0.25, 0.3) is 0 Å². The number of carbonyl (C=O) groups is 1.